The van der Waals surface area contributed by atoms with Gasteiger partial charge in [0, 0.05) is 102 Å². The maximum absolute atomic E-state index is 13.9. The number of aliphatic carboxylic acids is 3. The quantitative estimate of drug-likeness (QED) is 0.0903. The number of aliphatic hydroxyl groups excluding tert-OH is 1. The van der Waals surface area contributed by atoms with Gasteiger partial charge in [0.1, 0.15) is 12.3 Å². The van der Waals surface area contributed by atoms with Crippen LogP contribution in [0.5, 0.6) is 0 Å². The van der Waals surface area contributed by atoms with Crippen LogP contribution in [0.1, 0.15) is 49.4 Å². The average Bonchev–Trinajstić information content (AvgIpc) is 3.53. The molecule has 5 N–H and O–H groups in total. The number of nitrogens with zero attached hydrogens (tertiary/aromatic N) is 5. The first kappa shape index (κ1) is 46.4. The van der Waals surface area contributed by atoms with Gasteiger partial charge in [-0.25, -0.2) is 0 Å². The maximum atomic E-state index is 13.9. The Morgan fingerprint density at radius 2 is 1.54 bits per heavy atom. The van der Waals surface area contributed by atoms with Gasteiger partial charge in [-0.05, 0) is 62.0 Å². The van der Waals surface area contributed by atoms with E-state index in [1.165, 1.54) is 16.6 Å². The second kappa shape index (κ2) is 21.6. The molecule has 1 aromatic heterocycles. The van der Waals surface area contributed by atoms with Crippen LogP contribution in [0.4, 0.5) is 0 Å². The Balaban J connectivity index is 0.00000360. The predicted molar refractivity (Wildman–Crippen MR) is 205 cm³/mol. The van der Waals surface area contributed by atoms with Gasteiger partial charge in [-0.15, -0.1) is 0 Å². The van der Waals surface area contributed by atoms with Gasteiger partial charge >= 0.3 is 25.8 Å². The topological polar surface area (TPSA) is 246 Å². The van der Waals surface area contributed by atoms with Crippen LogP contribution in [0.25, 0.3) is 10.9 Å². The molecule has 2 saturated heterocycles. The van der Waals surface area contributed by atoms with Crippen molar-refractivity contribution in [2.45, 2.75) is 56.7 Å². The summed E-state index contributed by atoms with van der Waals surface area (Å²) >= 11 is 0. The molecule has 17 nitrogen and oxygen atoms in total. The number of carbonyl (C=O) groups is 5. The Labute approximate surface area is 346 Å². The van der Waals surface area contributed by atoms with E-state index in [9.17, 15) is 44.4 Å². The molecule has 1 aliphatic carbocycles. The molecule has 4 heterocycles. The number of hydrogen-bond acceptors (Lipinski definition) is 14. The Morgan fingerprint density at radius 3 is 2.19 bits per heavy atom. The summed E-state index contributed by atoms with van der Waals surface area (Å²) in [6, 6.07) is 7.57. The van der Waals surface area contributed by atoms with Gasteiger partial charge in [-0.3, -0.25) is 34.1 Å². The van der Waals surface area contributed by atoms with Gasteiger partial charge < -0.3 is 50.6 Å². The minimum Gasteiger partial charge on any atom is -0.870 e. The normalized spacial score (nSPS) is 26.2. The third kappa shape index (κ3) is 11.7. The SMILES string of the molecule is O=CCN1CCN(CC(=O)[O-])CCN(CC(=O)[O-])CCN(C(CCCNC(=O)C2C(O)CC[C@H]3CN4CCc5c([nH]c6ccccc56)[C@H]4C[C@@H]23)C(=O)O)CC1.[Ga+3].[OH-]. The number of fused-ring (bicyclic) bond motifs is 6. The summed E-state index contributed by atoms with van der Waals surface area (Å²) in [4.78, 5) is 74.0. The molecule has 6 atom stereocenters. The fourth-order valence-electron chi connectivity index (χ4n) is 9.63. The van der Waals surface area contributed by atoms with Gasteiger partial charge in [0.05, 0.1) is 36.5 Å². The number of aromatic nitrogens is 1. The molecule has 310 valence electrons. The van der Waals surface area contributed by atoms with E-state index in [1.807, 2.05) is 11.0 Å². The third-order valence-electron chi connectivity index (χ3n) is 12.4. The second-order valence-corrected chi connectivity index (χ2v) is 15.7. The van der Waals surface area contributed by atoms with Gasteiger partial charge in [-0.1, -0.05) is 18.2 Å². The number of rotatable bonds is 13. The molecule has 18 heteroatoms. The van der Waals surface area contributed by atoms with E-state index in [2.05, 4.69) is 33.4 Å². The van der Waals surface area contributed by atoms with E-state index in [-0.39, 0.29) is 102 Å². The Kier molecular flexibility index (Phi) is 17.6. The molecule has 6 rings (SSSR count). The first-order valence-corrected chi connectivity index (χ1v) is 19.8. The van der Waals surface area contributed by atoms with Gasteiger partial charge in [0.2, 0.25) is 5.91 Å². The first-order valence-electron chi connectivity index (χ1n) is 19.8. The van der Waals surface area contributed by atoms with Crippen molar-refractivity contribution in [3.8, 4) is 0 Å². The molecule has 2 aromatic rings. The van der Waals surface area contributed by atoms with Crippen molar-refractivity contribution in [2.24, 2.45) is 17.8 Å². The summed E-state index contributed by atoms with van der Waals surface area (Å²) in [5.74, 6) is -4.04. The van der Waals surface area contributed by atoms with Crippen molar-refractivity contribution in [2.75, 3.05) is 91.6 Å². The molecular weight excluding hydrogens is 796 g/mol. The predicted octanol–water partition coefficient (Wildman–Crippen LogP) is -2.81. The van der Waals surface area contributed by atoms with Gasteiger partial charge in [-0.2, -0.15) is 0 Å². The number of nitrogens with one attached hydrogen (secondary N) is 2. The monoisotopic (exact) mass is 851 g/mol. The van der Waals surface area contributed by atoms with E-state index in [1.54, 1.807) is 14.7 Å². The van der Waals surface area contributed by atoms with Crippen LogP contribution in [0.2, 0.25) is 0 Å². The molecule has 0 bridgehead atoms. The molecule has 0 radical (unpaired) electrons. The molecule has 0 spiro atoms. The summed E-state index contributed by atoms with van der Waals surface area (Å²) in [5.41, 5.74) is 3.69. The van der Waals surface area contributed by atoms with Crippen LogP contribution < -0.4 is 15.5 Å². The molecule has 3 fully saturated rings. The van der Waals surface area contributed by atoms with Crippen LogP contribution >= 0.6 is 0 Å². The number of aldehydes is 1. The maximum Gasteiger partial charge on any atom is 3.00 e. The Morgan fingerprint density at radius 1 is 0.912 bits per heavy atom. The zero-order valence-corrected chi connectivity index (χ0v) is 34.9. The molecule has 4 aliphatic rings. The molecule has 3 aliphatic heterocycles. The summed E-state index contributed by atoms with van der Waals surface area (Å²) < 4.78 is 0. The number of benzene rings is 1. The van der Waals surface area contributed by atoms with Crippen LogP contribution in [0.15, 0.2) is 24.3 Å². The van der Waals surface area contributed by atoms with E-state index < -0.39 is 42.5 Å². The second-order valence-electron chi connectivity index (χ2n) is 15.7. The van der Waals surface area contributed by atoms with Crippen LogP contribution in [-0.4, -0.2) is 199 Å². The molecule has 1 saturated carbocycles. The van der Waals surface area contributed by atoms with E-state index >= 15 is 0 Å². The Hall–Kier alpha value is -3.33. The molecule has 1 amide bonds. The standard InChI is InChI=1S/C39H57N7O9.Ga.H2O/c47-21-20-42-12-13-43(24-34(49)50)14-15-44(25-35(51)52)17-19-45(18-16-42)31(39(54)55)6-3-10-40-38(53)36-29-22-32-37-28(27-4-1-2-5-30(27)41-37)9-11-46(32)23-26(29)7-8-33(36)48;;/h1-2,4-5,21,26,29,31-33,36,41,48H,3,6-20,22-25H2,(H,40,53)(H,49,50)(H,51,52)(H,54,55);;1H2/q;+3;/p-3/t26-,29+,31?,32+,33?,36?;;/m0../s1. The van der Waals surface area contributed by atoms with E-state index in [4.69, 9.17) is 0 Å². The number of H-pyrrole nitrogens is 1. The molecular formula is C39H56GaN7O10. The third-order valence-corrected chi connectivity index (χ3v) is 12.4. The Bertz CT molecular complexity index is 1680. The van der Waals surface area contributed by atoms with Crippen molar-refractivity contribution >= 4 is 60.8 Å². The zero-order chi connectivity index (χ0) is 39.1. The number of carboxylic acids is 3. The fraction of sp³-hybridized carbons (Fsp3) is 0.667. The average molecular weight is 853 g/mol. The summed E-state index contributed by atoms with van der Waals surface area (Å²) in [7, 11) is 0. The summed E-state index contributed by atoms with van der Waals surface area (Å²) in [6.07, 6.45) is 3.77. The van der Waals surface area contributed by atoms with Crippen LogP contribution in [0.3, 0.4) is 0 Å². The van der Waals surface area contributed by atoms with E-state index in [0.29, 0.717) is 38.4 Å². The minimum absolute atomic E-state index is 0. The largest absolute Gasteiger partial charge is 3.00 e. The molecule has 57 heavy (non-hydrogen) atoms. The van der Waals surface area contributed by atoms with Crippen molar-refractivity contribution in [3.05, 3.63) is 35.5 Å². The van der Waals surface area contributed by atoms with Crippen LogP contribution in [-0.2, 0) is 30.4 Å². The van der Waals surface area contributed by atoms with E-state index in [0.717, 1.165) is 44.2 Å². The number of carbonyl (C=O) groups excluding carboxylic acids is 4. The minimum atomic E-state index is -1.30. The number of aromatic amines is 1. The van der Waals surface area contributed by atoms with Crippen molar-refractivity contribution in [1.82, 2.24) is 34.8 Å². The summed E-state index contributed by atoms with van der Waals surface area (Å²) in [5, 5.41) is 48.8. The van der Waals surface area contributed by atoms with Gasteiger partial charge in [0.25, 0.3) is 0 Å². The smallest absolute Gasteiger partial charge is 0.870 e. The number of hydrogen-bond donors (Lipinski definition) is 4. The number of piperidine rings is 1. The first-order chi connectivity index (χ1) is 26.5. The van der Waals surface area contributed by atoms with Crippen molar-refractivity contribution < 1.29 is 49.9 Å². The van der Waals surface area contributed by atoms with Crippen LogP contribution in [0, 0.1) is 17.8 Å². The number of amides is 1. The zero-order valence-electron chi connectivity index (χ0n) is 32.5. The van der Waals surface area contributed by atoms with Gasteiger partial charge in [0.15, 0.2) is 0 Å². The molecule has 3 unspecified atom stereocenters. The van der Waals surface area contributed by atoms with Crippen molar-refractivity contribution in [1.29, 1.82) is 0 Å². The fourth-order valence-corrected chi connectivity index (χ4v) is 9.63. The molecule has 1 aromatic carbocycles. The number of para-hydroxylation sites is 1. The summed E-state index contributed by atoms with van der Waals surface area (Å²) in [6.45, 7) is 3.54. The number of carboxylic acid groups (broad SMARTS) is 3. The van der Waals surface area contributed by atoms with Crippen molar-refractivity contribution in [3.63, 3.8) is 0 Å². The number of aliphatic hydroxyl groups is 1.